The van der Waals surface area contributed by atoms with Gasteiger partial charge in [0, 0.05) is 30.8 Å². The zero-order valence-corrected chi connectivity index (χ0v) is 22.0. The number of oxazole rings is 1. The van der Waals surface area contributed by atoms with Gasteiger partial charge in [-0.2, -0.15) is 0 Å². The minimum Gasteiger partial charge on any atom is -0.493 e. The van der Waals surface area contributed by atoms with Crippen LogP contribution in [0, 0.1) is 6.92 Å². The monoisotopic (exact) mass is 510 g/mol. The van der Waals surface area contributed by atoms with Crippen molar-refractivity contribution >= 4 is 11.7 Å². The molecule has 0 radical (unpaired) electrons. The van der Waals surface area contributed by atoms with Crippen LogP contribution >= 0.6 is 0 Å². The fourth-order valence-corrected chi connectivity index (χ4v) is 5.27. The van der Waals surface area contributed by atoms with Crippen LogP contribution in [-0.4, -0.2) is 29.2 Å². The molecule has 0 aliphatic heterocycles. The summed E-state index contributed by atoms with van der Waals surface area (Å²) in [6.45, 7) is 6.34. The van der Waals surface area contributed by atoms with Gasteiger partial charge in [-0.1, -0.05) is 42.5 Å². The maximum atomic E-state index is 11.1. The molecule has 1 heterocycles. The Hall–Kier alpha value is -4.06. The largest absolute Gasteiger partial charge is 0.493 e. The fourth-order valence-electron chi connectivity index (χ4n) is 5.27. The summed E-state index contributed by atoms with van der Waals surface area (Å²) in [6.07, 6.45) is 2.61. The summed E-state index contributed by atoms with van der Waals surface area (Å²) in [6, 6.07) is 24.9. The van der Waals surface area contributed by atoms with E-state index in [4.69, 9.17) is 19.2 Å². The molecule has 0 saturated carbocycles. The molecule has 196 valence electrons. The van der Waals surface area contributed by atoms with Crippen LogP contribution in [0.1, 0.15) is 53.8 Å². The standard InChI is InChI=1S/C32H34N2O4/c1-3-34(21-23-8-5-4-6-9-23)27-11-7-10-26(18-27)32-33-30(22(2)38-32)16-17-37-28-14-15-29-24(19-28)12-13-25(29)20-31(35)36/h4-11,14-15,18-19,25H,3,12-13,16-17,20-21H2,1-2H3,(H,35,36)/t25-/m0/s1. The van der Waals surface area contributed by atoms with Gasteiger partial charge in [-0.05, 0) is 79.6 Å². The molecule has 0 saturated heterocycles. The molecule has 5 rings (SSSR count). The third-order valence-corrected chi connectivity index (χ3v) is 7.29. The van der Waals surface area contributed by atoms with Crippen LogP contribution in [0.4, 0.5) is 5.69 Å². The van der Waals surface area contributed by atoms with Crippen molar-refractivity contribution in [2.45, 2.75) is 52.0 Å². The zero-order chi connectivity index (χ0) is 26.5. The van der Waals surface area contributed by atoms with E-state index in [-0.39, 0.29) is 12.3 Å². The SMILES string of the molecule is CCN(Cc1ccccc1)c1cccc(-c2nc(CCOc3ccc4c(c3)CC[C@H]4CC(=O)O)c(C)o2)c1. The summed E-state index contributed by atoms with van der Waals surface area (Å²) < 4.78 is 12.1. The van der Waals surface area contributed by atoms with Crippen LogP contribution in [0.25, 0.3) is 11.5 Å². The summed E-state index contributed by atoms with van der Waals surface area (Å²) in [5, 5.41) is 9.14. The molecular weight excluding hydrogens is 476 g/mol. The smallest absolute Gasteiger partial charge is 0.303 e. The summed E-state index contributed by atoms with van der Waals surface area (Å²) in [5.41, 5.74) is 6.60. The molecule has 1 aromatic heterocycles. The molecule has 1 N–H and O–H groups in total. The van der Waals surface area contributed by atoms with Crippen molar-refractivity contribution in [3.63, 3.8) is 0 Å². The zero-order valence-electron chi connectivity index (χ0n) is 22.0. The highest BCUT2D eigenvalue weighted by atomic mass is 16.5. The second-order valence-corrected chi connectivity index (χ2v) is 9.86. The van der Waals surface area contributed by atoms with E-state index in [2.05, 4.69) is 60.4 Å². The number of aromatic nitrogens is 1. The van der Waals surface area contributed by atoms with E-state index >= 15 is 0 Å². The Morgan fingerprint density at radius 1 is 1.11 bits per heavy atom. The molecule has 3 aromatic carbocycles. The predicted octanol–water partition coefficient (Wildman–Crippen LogP) is 6.80. The molecule has 6 nitrogen and oxygen atoms in total. The van der Waals surface area contributed by atoms with Crippen molar-refractivity contribution < 1.29 is 19.1 Å². The maximum Gasteiger partial charge on any atom is 0.303 e. The van der Waals surface area contributed by atoms with Crippen molar-refractivity contribution in [1.82, 2.24) is 4.98 Å². The first-order valence-corrected chi connectivity index (χ1v) is 13.3. The van der Waals surface area contributed by atoms with Gasteiger partial charge >= 0.3 is 5.97 Å². The van der Waals surface area contributed by atoms with Gasteiger partial charge in [0.1, 0.15) is 11.5 Å². The number of hydrogen-bond acceptors (Lipinski definition) is 5. The van der Waals surface area contributed by atoms with Crippen molar-refractivity contribution in [3.05, 3.63) is 101 Å². The average Bonchev–Trinajstić information content (AvgIpc) is 3.50. The van der Waals surface area contributed by atoms with E-state index < -0.39 is 5.97 Å². The number of benzene rings is 3. The number of rotatable bonds is 11. The Balaban J connectivity index is 1.22. The van der Waals surface area contributed by atoms with Crippen molar-refractivity contribution in [2.24, 2.45) is 0 Å². The Labute approximate surface area is 223 Å². The first-order valence-electron chi connectivity index (χ1n) is 13.3. The molecule has 4 aromatic rings. The summed E-state index contributed by atoms with van der Waals surface area (Å²) >= 11 is 0. The fraction of sp³-hybridized carbons (Fsp3) is 0.312. The minimum atomic E-state index is -0.743. The van der Waals surface area contributed by atoms with Gasteiger partial charge in [0.2, 0.25) is 5.89 Å². The minimum absolute atomic E-state index is 0.106. The Bertz CT molecular complexity index is 1400. The molecule has 1 atom stereocenters. The predicted molar refractivity (Wildman–Crippen MR) is 149 cm³/mol. The molecule has 0 amide bonds. The highest BCUT2D eigenvalue weighted by Crippen LogP contribution is 2.37. The number of nitrogens with zero attached hydrogens (tertiary/aromatic N) is 2. The first kappa shape index (κ1) is 25.6. The molecule has 0 bridgehead atoms. The van der Waals surface area contributed by atoms with E-state index in [1.54, 1.807) is 0 Å². The lowest BCUT2D eigenvalue weighted by molar-refractivity contribution is -0.137. The maximum absolute atomic E-state index is 11.1. The van der Waals surface area contributed by atoms with E-state index in [0.717, 1.165) is 59.9 Å². The lowest BCUT2D eigenvalue weighted by Gasteiger charge is -2.23. The lowest BCUT2D eigenvalue weighted by Crippen LogP contribution is -2.21. The number of carboxylic acid groups (broad SMARTS) is 1. The molecule has 38 heavy (non-hydrogen) atoms. The van der Waals surface area contributed by atoms with Crippen LogP contribution < -0.4 is 9.64 Å². The highest BCUT2D eigenvalue weighted by Gasteiger charge is 2.25. The van der Waals surface area contributed by atoms with Crippen LogP contribution in [0.3, 0.4) is 0 Å². The quantitative estimate of drug-likeness (QED) is 0.239. The van der Waals surface area contributed by atoms with Crippen molar-refractivity contribution in [1.29, 1.82) is 0 Å². The first-order chi connectivity index (χ1) is 18.5. The highest BCUT2D eigenvalue weighted by molar-refractivity contribution is 5.68. The molecule has 0 unspecified atom stereocenters. The Morgan fingerprint density at radius 3 is 2.74 bits per heavy atom. The lowest BCUT2D eigenvalue weighted by atomic mass is 9.98. The Kier molecular flexibility index (Phi) is 7.78. The summed E-state index contributed by atoms with van der Waals surface area (Å²) in [7, 11) is 0. The topological polar surface area (TPSA) is 75.8 Å². The number of ether oxygens (including phenoxy) is 1. The molecule has 6 heteroatoms. The molecule has 1 aliphatic carbocycles. The number of carboxylic acids is 1. The van der Waals surface area contributed by atoms with E-state index in [0.29, 0.717) is 18.9 Å². The van der Waals surface area contributed by atoms with Gasteiger partial charge in [-0.25, -0.2) is 4.98 Å². The molecule has 1 aliphatic rings. The number of aliphatic carboxylic acids is 1. The van der Waals surface area contributed by atoms with Crippen LogP contribution in [0.5, 0.6) is 5.75 Å². The number of fused-ring (bicyclic) bond motifs is 1. The molecule has 0 spiro atoms. The molecular formula is C32H34N2O4. The molecule has 0 fully saturated rings. The van der Waals surface area contributed by atoms with E-state index in [1.165, 1.54) is 11.1 Å². The van der Waals surface area contributed by atoms with E-state index in [1.807, 2.05) is 31.2 Å². The van der Waals surface area contributed by atoms with Gasteiger partial charge in [0.15, 0.2) is 0 Å². The third kappa shape index (κ3) is 5.91. The summed E-state index contributed by atoms with van der Waals surface area (Å²) in [4.78, 5) is 18.2. The second-order valence-electron chi connectivity index (χ2n) is 9.86. The number of carbonyl (C=O) groups is 1. The van der Waals surface area contributed by atoms with Gasteiger partial charge in [0.25, 0.3) is 0 Å². The van der Waals surface area contributed by atoms with Crippen LogP contribution in [0.15, 0.2) is 77.2 Å². The number of aryl methyl sites for hydroxylation is 2. The average molecular weight is 511 g/mol. The van der Waals surface area contributed by atoms with Gasteiger partial charge in [-0.3, -0.25) is 4.79 Å². The summed E-state index contributed by atoms with van der Waals surface area (Å²) in [5.74, 6) is 1.60. The van der Waals surface area contributed by atoms with Gasteiger partial charge in [-0.15, -0.1) is 0 Å². The second kappa shape index (κ2) is 11.5. The van der Waals surface area contributed by atoms with E-state index in [9.17, 15) is 4.79 Å². The van der Waals surface area contributed by atoms with Gasteiger partial charge < -0.3 is 19.2 Å². The third-order valence-electron chi connectivity index (χ3n) is 7.29. The van der Waals surface area contributed by atoms with Crippen LogP contribution in [-0.2, 0) is 24.2 Å². The van der Waals surface area contributed by atoms with Crippen LogP contribution in [0.2, 0.25) is 0 Å². The van der Waals surface area contributed by atoms with Crippen molar-refractivity contribution in [2.75, 3.05) is 18.1 Å². The van der Waals surface area contributed by atoms with Crippen molar-refractivity contribution in [3.8, 4) is 17.2 Å². The number of anilines is 1. The Morgan fingerprint density at radius 2 is 1.95 bits per heavy atom. The van der Waals surface area contributed by atoms with Gasteiger partial charge in [0.05, 0.1) is 18.7 Å². The normalized spacial score (nSPS) is 14.3. The number of hydrogen-bond donors (Lipinski definition) is 1.